The Bertz CT molecular complexity index is 1120. The number of benzene rings is 3. The fraction of sp³-hybridized carbons (Fsp3) is 0.419. The fourth-order valence-corrected chi connectivity index (χ4v) is 5.48. The van der Waals surface area contributed by atoms with Gasteiger partial charge in [0.2, 0.25) is 0 Å². The van der Waals surface area contributed by atoms with Gasteiger partial charge in [-0.3, -0.25) is 0 Å². The second-order valence-corrected chi connectivity index (χ2v) is 9.85. The lowest BCUT2D eigenvalue weighted by atomic mass is 9.77. The molecule has 0 aliphatic heterocycles. The first-order chi connectivity index (χ1) is 16.5. The van der Waals surface area contributed by atoms with Crippen molar-refractivity contribution < 1.29 is 13.2 Å². The van der Waals surface area contributed by atoms with E-state index in [0.717, 1.165) is 31.6 Å². The third-order valence-electron chi connectivity index (χ3n) is 7.57. The molecular weight excluding hydrogens is 429 g/mol. The van der Waals surface area contributed by atoms with Crippen LogP contribution >= 0.6 is 0 Å². The van der Waals surface area contributed by atoms with E-state index < -0.39 is 17.5 Å². The summed E-state index contributed by atoms with van der Waals surface area (Å²) in [6.07, 6.45) is 12.4. The van der Waals surface area contributed by atoms with Crippen molar-refractivity contribution in [1.82, 2.24) is 0 Å². The first kappa shape index (κ1) is 24.6. The topological polar surface area (TPSA) is 0 Å². The van der Waals surface area contributed by atoms with Crippen molar-refractivity contribution in [2.45, 2.75) is 77.0 Å². The van der Waals surface area contributed by atoms with Crippen molar-refractivity contribution >= 4 is 10.8 Å². The van der Waals surface area contributed by atoms with E-state index >= 15 is 4.39 Å². The molecule has 34 heavy (non-hydrogen) atoms. The Hall–Kier alpha value is -2.55. The molecule has 0 heterocycles. The molecule has 4 rings (SSSR count). The maximum absolute atomic E-state index is 15.4. The van der Waals surface area contributed by atoms with Crippen LogP contribution in [0.25, 0.3) is 21.9 Å². The minimum absolute atomic E-state index is 0.254. The van der Waals surface area contributed by atoms with Crippen LogP contribution in [0, 0.1) is 23.4 Å². The van der Waals surface area contributed by atoms with Gasteiger partial charge >= 0.3 is 0 Å². The van der Waals surface area contributed by atoms with Crippen LogP contribution in [-0.4, -0.2) is 0 Å². The highest BCUT2D eigenvalue weighted by molar-refractivity contribution is 5.89. The molecule has 0 aromatic heterocycles. The van der Waals surface area contributed by atoms with Crippen molar-refractivity contribution in [2.75, 3.05) is 0 Å². The van der Waals surface area contributed by atoms with Gasteiger partial charge in [0.1, 0.15) is 5.82 Å². The van der Waals surface area contributed by atoms with Crippen LogP contribution < -0.4 is 0 Å². The van der Waals surface area contributed by atoms with Crippen molar-refractivity contribution in [2.24, 2.45) is 5.92 Å². The van der Waals surface area contributed by atoms with E-state index in [1.165, 1.54) is 37.7 Å². The molecule has 0 amide bonds. The molecule has 0 spiro atoms. The van der Waals surface area contributed by atoms with Gasteiger partial charge in [0.25, 0.3) is 0 Å². The molecular formula is C31H35F3. The Kier molecular flexibility index (Phi) is 8.13. The molecule has 3 aromatic rings. The second-order valence-electron chi connectivity index (χ2n) is 9.85. The van der Waals surface area contributed by atoms with Gasteiger partial charge in [-0.25, -0.2) is 13.2 Å². The van der Waals surface area contributed by atoms with Crippen LogP contribution in [0.1, 0.15) is 81.8 Å². The maximum atomic E-state index is 15.4. The zero-order valence-electron chi connectivity index (χ0n) is 20.2. The summed E-state index contributed by atoms with van der Waals surface area (Å²) >= 11 is 0. The van der Waals surface area contributed by atoms with Gasteiger partial charge in [-0.1, -0.05) is 62.2 Å². The Morgan fingerprint density at radius 3 is 2.29 bits per heavy atom. The van der Waals surface area contributed by atoms with Gasteiger partial charge in [0.15, 0.2) is 11.6 Å². The smallest absolute Gasteiger partial charge is 0.169 e. The van der Waals surface area contributed by atoms with E-state index in [0.29, 0.717) is 34.4 Å². The Labute approximate surface area is 201 Å². The van der Waals surface area contributed by atoms with Crippen LogP contribution in [-0.2, 0) is 6.42 Å². The SMILES string of the molecule is C=CCCC1CCC(c2ccc(-c3ccc4cc(CCCCC)c(F)c(F)c4c3F)cc2)CC1. The van der Waals surface area contributed by atoms with Gasteiger partial charge in [-0.05, 0) is 91.3 Å². The molecule has 0 radical (unpaired) electrons. The van der Waals surface area contributed by atoms with Crippen LogP contribution in [0.5, 0.6) is 0 Å². The van der Waals surface area contributed by atoms with E-state index in [9.17, 15) is 8.78 Å². The number of rotatable bonds is 9. The first-order valence-electron chi connectivity index (χ1n) is 12.8. The third kappa shape index (κ3) is 5.24. The number of unbranched alkanes of at least 4 members (excludes halogenated alkanes) is 2. The molecule has 1 fully saturated rings. The molecule has 1 aliphatic carbocycles. The standard InChI is InChI=1S/C31H35F3/c1-3-5-7-9-26-20-25-18-19-27(30(33)28(25)31(34)29(26)32)24-16-14-23(15-17-24)22-12-10-21(11-13-22)8-6-4-2/h4,14-22H,2-3,5-13H2,1H3. The Balaban J connectivity index is 1.54. The minimum Gasteiger partial charge on any atom is -0.206 e. The van der Waals surface area contributed by atoms with E-state index in [1.807, 2.05) is 18.2 Å². The minimum atomic E-state index is -1.08. The normalized spacial score (nSPS) is 18.4. The molecule has 180 valence electrons. The Morgan fingerprint density at radius 2 is 1.62 bits per heavy atom. The van der Waals surface area contributed by atoms with Crippen LogP contribution in [0.15, 0.2) is 55.1 Å². The number of hydrogen-bond acceptors (Lipinski definition) is 0. The van der Waals surface area contributed by atoms with Crippen molar-refractivity contribution in [3.8, 4) is 11.1 Å². The quantitative estimate of drug-likeness (QED) is 0.218. The summed E-state index contributed by atoms with van der Waals surface area (Å²) in [6.45, 7) is 5.89. The zero-order valence-corrected chi connectivity index (χ0v) is 20.2. The molecule has 0 saturated heterocycles. The summed E-state index contributed by atoms with van der Waals surface area (Å²) in [5.41, 5.74) is 2.61. The Morgan fingerprint density at radius 1 is 0.882 bits per heavy atom. The molecule has 3 heteroatoms. The first-order valence-corrected chi connectivity index (χ1v) is 12.8. The van der Waals surface area contributed by atoms with Crippen molar-refractivity contribution in [3.05, 3.63) is 83.7 Å². The van der Waals surface area contributed by atoms with Crippen molar-refractivity contribution in [1.29, 1.82) is 0 Å². The van der Waals surface area contributed by atoms with Gasteiger partial charge in [-0.15, -0.1) is 6.58 Å². The lowest BCUT2D eigenvalue weighted by Crippen LogP contribution is -2.13. The monoisotopic (exact) mass is 464 g/mol. The number of fused-ring (bicyclic) bond motifs is 1. The van der Waals surface area contributed by atoms with Gasteiger partial charge < -0.3 is 0 Å². The fourth-order valence-electron chi connectivity index (χ4n) is 5.48. The summed E-state index contributed by atoms with van der Waals surface area (Å²) in [5.74, 6) is -1.35. The molecule has 0 atom stereocenters. The van der Waals surface area contributed by atoms with Crippen LogP contribution in [0.3, 0.4) is 0 Å². The second kappa shape index (κ2) is 11.3. The molecule has 3 aromatic carbocycles. The molecule has 0 unspecified atom stereocenters. The molecule has 1 aliphatic rings. The summed E-state index contributed by atoms with van der Waals surface area (Å²) in [5, 5.41) is 0.160. The molecule has 0 bridgehead atoms. The van der Waals surface area contributed by atoms with Crippen LogP contribution in [0.4, 0.5) is 13.2 Å². The van der Waals surface area contributed by atoms with Gasteiger partial charge in [-0.2, -0.15) is 0 Å². The number of allylic oxidation sites excluding steroid dienone is 1. The van der Waals surface area contributed by atoms with E-state index in [1.54, 1.807) is 18.2 Å². The number of halogens is 3. The summed E-state index contributed by atoms with van der Waals surface area (Å²) in [4.78, 5) is 0. The van der Waals surface area contributed by atoms with E-state index in [-0.39, 0.29) is 5.39 Å². The summed E-state index contributed by atoms with van der Waals surface area (Å²) < 4.78 is 45.0. The zero-order chi connectivity index (χ0) is 24.1. The van der Waals surface area contributed by atoms with Crippen molar-refractivity contribution in [3.63, 3.8) is 0 Å². The summed E-state index contributed by atoms with van der Waals surface area (Å²) in [6, 6.07) is 13.0. The highest BCUT2D eigenvalue weighted by Gasteiger charge is 2.23. The molecule has 1 saturated carbocycles. The number of hydrogen-bond donors (Lipinski definition) is 0. The third-order valence-corrected chi connectivity index (χ3v) is 7.57. The largest absolute Gasteiger partial charge is 0.206 e. The molecule has 0 nitrogen and oxygen atoms in total. The average Bonchev–Trinajstić information content (AvgIpc) is 2.86. The predicted molar refractivity (Wildman–Crippen MR) is 137 cm³/mol. The van der Waals surface area contributed by atoms with E-state index in [4.69, 9.17) is 0 Å². The van der Waals surface area contributed by atoms with E-state index in [2.05, 4.69) is 25.6 Å². The lowest BCUT2D eigenvalue weighted by Gasteiger charge is -2.28. The summed E-state index contributed by atoms with van der Waals surface area (Å²) in [7, 11) is 0. The van der Waals surface area contributed by atoms with Crippen LogP contribution in [0.2, 0.25) is 0 Å². The number of aryl methyl sites for hydroxylation is 1. The van der Waals surface area contributed by atoms with Gasteiger partial charge in [0, 0.05) is 5.56 Å². The van der Waals surface area contributed by atoms with Gasteiger partial charge in [0.05, 0.1) is 5.39 Å². The average molecular weight is 465 g/mol. The molecule has 0 N–H and O–H groups in total. The lowest BCUT2D eigenvalue weighted by molar-refractivity contribution is 0.312. The predicted octanol–water partition coefficient (Wildman–Crippen LogP) is 9.90. The maximum Gasteiger partial charge on any atom is 0.169 e. The highest BCUT2D eigenvalue weighted by Crippen LogP contribution is 2.39. The highest BCUT2D eigenvalue weighted by atomic mass is 19.2.